The maximum atomic E-state index is 14.3. The molecule has 3 aromatic rings. The van der Waals surface area contributed by atoms with E-state index in [1.807, 2.05) is 26.0 Å². The highest BCUT2D eigenvalue weighted by Gasteiger charge is 2.49. The van der Waals surface area contributed by atoms with E-state index in [0.29, 0.717) is 34.6 Å². The number of hydrogen-bond acceptors (Lipinski definition) is 5. The van der Waals surface area contributed by atoms with Gasteiger partial charge in [0.05, 0.1) is 5.56 Å². The van der Waals surface area contributed by atoms with E-state index in [1.54, 1.807) is 6.07 Å². The number of carbonyl (C=O) groups is 2. The van der Waals surface area contributed by atoms with Crippen molar-refractivity contribution >= 4 is 34.8 Å². The monoisotopic (exact) mass is 630 g/mol. The number of ketones is 2. The third kappa shape index (κ3) is 7.38. The molecule has 0 radical (unpaired) electrons. The van der Waals surface area contributed by atoms with Gasteiger partial charge in [-0.05, 0) is 72.4 Å². The molecule has 43 heavy (non-hydrogen) atoms. The van der Waals surface area contributed by atoms with E-state index < -0.39 is 22.5 Å². The summed E-state index contributed by atoms with van der Waals surface area (Å²) >= 11 is 12.5. The Labute approximate surface area is 261 Å². The highest BCUT2D eigenvalue weighted by molar-refractivity contribution is 6.34. The lowest BCUT2D eigenvalue weighted by Gasteiger charge is -2.55. The molecule has 1 aromatic heterocycles. The molecular formula is C34H38Cl2F2N2O3. The minimum atomic E-state index is -0.800. The normalized spacial score (nSPS) is 18.8. The van der Waals surface area contributed by atoms with Crippen LogP contribution in [0.25, 0.3) is 11.3 Å². The third-order valence-corrected chi connectivity index (χ3v) is 9.72. The largest absolute Gasteiger partial charge is 0.355 e. The van der Waals surface area contributed by atoms with Crippen LogP contribution in [0.15, 0.2) is 47.0 Å². The summed E-state index contributed by atoms with van der Waals surface area (Å²) in [5.41, 5.74) is 0.271. The van der Waals surface area contributed by atoms with Crippen molar-refractivity contribution in [3.8, 4) is 11.3 Å². The lowest BCUT2D eigenvalue weighted by atomic mass is 9.67. The van der Waals surface area contributed by atoms with Crippen molar-refractivity contribution in [2.24, 2.45) is 10.8 Å². The van der Waals surface area contributed by atoms with Crippen molar-refractivity contribution in [2.75, 3.05) is 13.1 Å². The number of carbonyl (C=O) groups excluding carboxylic acids is 2. The van der Waals surface area contributed by atoms with Gasteiger partial charge in [0, 0.05) is 66.0 Å². The van der Waals surface area contributed by atoms with Crippen LogP contribution >= 0.6 is 23.2 Å². The Morgan fingerprint density at radius 3 is 2.28 bits per heavy atom. The van der Waals surface area contributed by atoms with E-state index in [4.69, 9.17) is 27.7 Å². The van der Waals surface area contributed by atoms with Crippen LogP contribution in [-0.4, -0.2) is 40.8 Å². The van der Waals surface area contributed by atoms with E-state index in [0.717, 1.165) is 43.4 Å². The summed E-state index contributed by atoms with van der Waals surface area (Å²) in [7, 11) is 0. The van der Waals surface area contributed by atoms with E-state index in [1.165, 1.54) is 12.1 Å². The summed E-state index contributed by atoms with van der Waals surface area (Å²) in [4.78, 5) is 29.6. The Hall–Kier alpha value is -2.61. The Bertz CT molecular complexity index is 1500. The summed E-state index contributed by atoms with van der Waals surface area (Å²) < 4.78 is 33.0. The first-order valence-corrected chi connectivity index (χ1v) is 15.6. The van der Waals surface area contributed by atoms with Crippen LogP contribution < -0.4 is 0 Å². The zero-order valence-corrected chi connectivity index (χ0v) is 26.6. The van der Waals surface area contributed by atoms with E-state index in [-0.39, 0.29) is 47.8 Å². The van der Waals surface area contributed by atoms with E-state index in [9.17, 15) is 18.4 Å². The quantitative estimate of drug-likeness (QED) is 0.209. The van der Waals surface area contributed by atoms with Crippen molar-refractivity contribution in [1.82, 2.24) is 10.1 Å². The first kappa shape index (κ1) is 31.8. The summed E-state index contributed by atoms with van der Waals surface area (Å²) in [5, 5.41) is 4.94. The molecule has 0 atom stereocenters. The smallest absolute Gasteiger partial charge is 0.185 e. The maximum absolute atomic E-state index is 14.3. The van der Waals surface area contributed by atoms with Crippen molar-refractivity contribution < 1.29 is 22.9 Å². The molecule has 2 aromatic carbocycles. The first-order valence-electron chi connectivity index (χ1n) is 14.8. The molecule has 1 saturated heterocycles. The van der Waals surface area contributed by atoms with Crippen LogP contribution in [0.2, 0.25) is 10.0 Å². The number of aromatic nitrogens is 1. The van der Waals surface area contributed by atoms with Gasteiger partial charge < -0.3 is 4.52 Å². The van der Waals surface area contributed by atoms with Gasteiger partial charge in [-0.3, -0.25) is 14.5 Å². The van der Waals surface area contributed by atoms with Crippen LogP contribution in [0.1, 0.15) is 88.7 Å². The zero-order chi connectivity index (χ0) is 31.2. The first-order chi connectivity index (χ1) is 20.1. The fraction of sp³-hybridized carbons (Fsp3) is 0.500. The second-order valence-electron chi connectivity index (χ2n) is 14.0. The van der Waals surface area contributed by atoms with Crippen LogP contribution in [0.4, 0.5) is 8.78 Å². The van der Waals surface area contributed by atoms with Gasteiger partial charge in [-0.15, -0.1) is 0 Å². The van der Waals surface area contributed by atoms with Crippen LogP contribution in [0.3, 0.4) is 0 Å². The van der Waals surface area contributed by atoms with Crippen LogP contribution in [0, 0.1) is 22.5 Å². The predicted octanol–water partition coefficient (Wildman–Crippen LogP) is 9.10. The average Bonchev–Trinajstić information content (AvgIpc) is 3.36. The number of nitrogens with zero attached hydrogens (tertiary/aromatic N) is 2. The number of benzene rings is 2. The second-order valence-corrected chi connectivity index (χ2v) is 14.9. The molecule has 2 aliphatic rings. The summed E-state index contributed by atoms with van der Waals surface area (Å²) in [6.07, 6.45) is 5.15. The van der Waals surface area contributed by atoms with Gasteiger partial charge in [-0.1, -0.05) is 56.1 Å². The highest BCUT2D eigenvalue weighted by atomic mass is 35.5. The Morgan fingerprint density at radius 2 is 1.65 bits per heavy atom. The Kier molecular flexibility index (Phi) is 8.92. The molecule has 0 N–H and O–H groups in total. The van der Waals surface area contributed by atoms with E-state index >= 15 is 0 Å². The lowest BCUT2D eigenvalue weighted by Crippen LogP contribution is -2.61. The molecule has 0 spiro atoms. The molecule has 0 bridgehead atoms. The molecule has 1 aliphatic heterocycles. The molecule has 5 rings (SSSR count). The molecular weight excluding hydrogens is 593 g/mol. The topological polar surface area (TPSA) is 63.4 Å². The van der Waals surface area contributed by atoms with Crippen molar-refractivity contribution in [2.45, 2.75) is 84.1 Å². The lowest BCUT2D eigenvalue weighted by molar-refractivity contribution is -0.128. The second kappa shape index (κ2) is 12.1. The standard InChI is InChI=1S/C34H38Cl2F2N2O3/c1-32(2)9-7-25(8-10-32)40-19-34(20-40,17-26(41)16-33(3,4)21-11-22(35)13-23(36)12-21)18-30(42)29-15-31(43-39-29)27-6-5-24(37)14-28(27)38/h5-6,11-15,25H,7-10,16-20H2,1-4H3. The molecule has 1 aliphatic carbocycles. The van der Waals surface area contributed by atoms with Crippen molar-refractivity contribution in [1.29, 1.82) is 0 Å². The Balaban J connectivity index is 1.32. The number of Topliss-reactive ketones (excluding diaryl/α,β-unsaturated/α-hetero) is 2. The van der Waals surface area contributed by atoms with Gasteiger partial charge >= 0.3 is 0 Å². The maximum Gasteiger partial charge on any atom is 0.185 e. The number of likely N-dealkylation sites (tertiary alicyclic amines) is 1. The molecule has 9 heteroatoms. The predicted molar refractivity (Wildman–Crippen MR) is 165 cm³/mol. The van der Waals surface area contributed by atoms with Gasteiger partial charge in [0.15, 0.2) is 11.5 Å². The average molecular weight is 632 g/mol. The Morgan fingerprint density at radius 1 is 1.00 bits per heavy atom. The molecule has 5 nitrogen and oxygen atoms in total. The minimum absolute atomic E-state index is 0.0243. The third-order valence-electron chi connectivity index (χ3n) is 9.29. The minimum Gasteiger partial charge on any atom is -0.355 e. The molecule has 0 unspecified atom stereocenters. The fourth-order valence-corrected chi connectivity index (χ4v) is 7.31. The van der Waals surface area contributed by atoms with Crippen molar-refractivity contribution in [3.05, 3.63) is 75.4 Å². The van der Waals surface area contributed by atoms with Crippen LogP contribution in [0.5, 0.6) is 0 Å². The van der Waals surface area contributed by atoms with E-state index in [2.05, 4.69) is 23.9 Å². The molecule has 2 heterocycles. The van der Waals surface area contributed by atoms with Gasteiger partial charge in [-0.2, -0.15) is 0 Å². The molecule has 230 valence electrons. The fourth-order valence-electron chi connectivity index (χ4n) is 6.78. The number of hydrogen-bond donors (Lipinski definition) is 0. The number of rotatable bonds is 10. The van der Waals surface area contributed by atoms with Crippen molar-refractivity contribution in [3.63, 3.8) is 0 Å². The summed E-state index contributed by atoms with van der Waals surface area (Å²) in [5.74, 6) is -1.66. The van der Waals surface area contributed by atoms with Gasteiger partial charge in [0.1, 0.15) is 23.1 Å². The van der Waals surface area contributed by atoms with Gasteiger partial charge in [0.25, 0.3) is 0 Å². The molecule has 0 amide bonds. The van der Waals surface area contributed by atoms with Gasteiger partial charge in [-0.25, -0.2) is 8.78 Å². The SMILES string of the molecule is CC1(C)CCC(N2CC(CC(=O)CC(C)(C)c3cc(Cl)cc(Cl)c3)(CC(=O)c3cc(-c4ccc(F)cc4F)on3)C2)CC1. The molecule has 2 fully saturated rings. The zero-order valence-electron chi connectivity index (χ0n) is 25.1. The van der Waals surface area contributed by atoms with Crippen LogP contribution in [-0.2, 0) is 10.2 Å². The summed E-state index contributed by atoms with van der Waals surface area (Å²) in [6, 6.07) is 10.3. The summed E-state index contributed by atoms with van der Waals surface area (Å²) in [6.45, 7) is 9.90. The molecule has 1 saturated carbocycles. The number of halogens is 4. The highest BCUT2D eigenvalue weighted by Crippen LogP contribution is 2.46. The van der Waals surface area contributed by atoms with Gasteiger partial charge in [0.2, 0.25) is 0 Å².